The summed E-state index contributed by atoms with van der Waals surface area (Å²) in [6.45, 7) is 1.41. The molecule has 1 N–H and O–H groups in total. The largest absolute Gasteiger partial charge is 0.320 e. The maximum Gasteiger partial charge on any atom is 0.242 e. The number of carbonyl (C=O) groups excluding carboxylic acids is 1. The molecule has 1 aromatic carbocycles. The van der Waals surface area contributed by atoms with Gasteiger partial charge in [-0.1, -0.05) is 6.07 Å². The zero-order valence-electron chi connectivity index (χ0n) is 7.35. The van der Waals surface area contributed by atoms with Crippen LogP contribution in [0.3, 0.4) is 0 Å². The molecule has 1 amide bonds. The molecule has 1 aromatic rings. The molecule has 76 valence electrons. The summed E-state index contributed by atoms with van der Waals surface area (Å²) in [6, 6.07) is 3.32. The predicted octanol–water partition coefficient (Wildman–Crippen LogP) is 2.53. The van der Waals surface area contributed by atoms with Gasteiger partial charge in [-0.15, -0.1) is 11.6 Å². The number of halogens is 3. The molecule has 0 aliphatic rings. The van der Waals surface area contributed by atoms with Crippen molar-refractivity contribution in [2.75, 3.05) is 5.32 Å². The van der Waals surface area contributed by atoms with Crippen LogP contribution in [-0.2, 0) is 4.79 Å². The Balaban J connectivity index is 2.91. The highest BCUT2D eigenvalue weighted by Crippen LogP contribution is 2.18. The maximum atomic E-state index is 13.0. The summed E-state index contributed by atoms with van der Waals surface area (Å²) in [5.41, 5.74) is -0.468. The van der Waals surface area contributed by atoms with E-state index in [1.807, 2.05) is 0 Å². The zero-order chi connectivity index (χ0) is 10.7. The van der Waals surface area contributed by atoms with Gasteiger partial charge in [-0.05, 0) is 19.1 Å². The molecule has 0 aliphatic heterocycles. The van der Waals surface area contributed by atoms with Crippen LogP contribution >= 0.6 is 11.6 Å². The van der Waals surface area contributed by atoms with E-state index >= 15 is 0 Å². The molecule has 1 atom stereocenters. The van der Waals surface area contributed by atoms with E-state index in [-0.39, 0.29) is 0 Å². The van der Waals surface area contributed by atoms with Crippen LogP contribution in [-0.4, -0.2) is 11.3 Å². The normalized spacial score (nSPS) is 12.3. The Bertz CT molecular complexity index is 334. The van der Waals surface area contributed by atoms with Crippen LogP contribution in [0.1, 0.15) is 6.92 Å². The van der Waals surface area contributed by atoms with Crippen molar-refractivity contribution in [2.24, 2.45) is 0 Å². The topological polar surface area (TPSA) is 29.1 Å². The summed E-state index contributed by atoms with van der Waals surface area (Å²) in [6.07, 6.45) is 0. The standard InChI is InChI=1S/C9H8ClF2NO/c1-5(10)9(14)13-8-6(11)3-2-4-7(8)12/h2-5H,1H3,(H,13,14). The summed E-state index contributed by atoms with van der Waals surface area (Å²) < 4.78 is 26.0. The lowest BCUT2D eigenvalue weighted by molar-refractivity contribution is -0.115. The number of amides is 1. The van der Waals surface area contributed by atoms with Crippen LogP contribution in [0.4, 0.5) is 14.5 Å². The minimum Gasteiger partial charge on any atom is -0.320 e. The number of hydrogen-bond donors (Lipinski definition) is 1. The average molecular weight is 220 g/mol. The third-order valence-electron chi connectivity index (χ3n) is 1.57. The van der Waals surface area contributed by atoms with Crippen LogP contribution in [0.25, 0.3) is 0 Å². The highest BCUT2D eigenvalue weighted by Gasteiger charge is 2.14. The third-order valence-corrected chi connectivity index (χ3v) is 1.77. The Morgan fingerprint density at radius 2 is 1.93 bits per heavy atom. The fourth-order valence-electron chi connectivity index (χ4n) is 0.840. The van der Waals surface area contributed by atoms with Crippen molar-refractivity contribution < 1.29 is 13.6 Å². The fourth-order valence-corrected chi connectivity index (χ4v) is 0.894. The first kappa shape index (κ1) is 10.9. The first-order valence-electron chi connectivity index (χ1n) is 3.91. The molecule has 0 spiro atoms. The van der Waals surface area contributed by atoms with Gasteiger partial charge in [0, 0.05) is 0 Å². The van der Waals surface area contributed by atoms with Gasteiger partial charge in [0.15, 0.2) is 0 Å². The Morgan fingerprint density at radius 3 is 2.36 bits per heavy atom. The van der Waals surface area contributed by atoms with Crippen LogP contribution in [0.15, 0.2) is 18.2 Å². The lowest BCUT2D eigenvalue weighted by Gasteiger charge is -2.07. The molecule has 0 radical (unpaired) electrons. The number of hydrogen-bond acceptors (Lipinski definition) is 1. The van der Waals surface area contributed by atoms with Crippen LogP contribution in [0.2, 0.25) is 0 Å². The van der Waals surface area contributed by atoms with Crippen LogP contribution in [0, 0.1) is 11.6 Å². The molecule has 1 unspecified atom stereocenters. The summed E-state index contributed by atoms with van der Waals surface area (Å²) in [4.78, 5) is 11.0. The van der Waals surface area contributed by atoms with Gasteiger partial charge in [0.2, 0.25) is 5.91 Å². The molecule has 1 rings (SSSR count). The van der Waals surface area contributed by atoms with E-state index in [0.717, 1.165) is 12.1 Å². The lowest BCUT2D eigenvalue weighted by Crippen LogP contribution is -2.21. The molecule has 0 aliphatic carbocycles. The van der Waals surface area contributed by atoms with E-state index < -0.39 is 28.6 Å². The summed E-state index contributed by atoms with van der Waals surface area (Å²) in [7, 11) is 0. The lowest BCUT2D eigenvalue weighted by atomic mass is 10.3. The number of nitrogens with one attached hydrogen (secondary N) is 1. The van der Waals surface area contributed by atoms with Crippen molar-refractivity contribution >= 4 is 23.2 Å². The fraction of sp³-hybridized carbons (Fsp3) is 0.222. The summed E-state index contributed by atoms with van der Waals surface area (Å²) >= 11 is 5.43. The van der Waals surface area contributed by atoms with Gasteiger partial charge in [0.1, 0.15) is 22.7 Å². The molecular formula is C9H8ClF2NO. The second-order valence-electron chi connectivity index (χ2n) is 2.70. The Hall–Kier alpha value is -1.16. The Morgan fingerprint density at radius 1 is 1.43 bits per heavy atom. The van der Waals surface area contributed by atoms with Crippen LogP contribution < -0.4 is 5.32 Å². The second kappa shape index (κ2) is 4.37. The van der Waals surface area contributed by atoms with Gasteiger partial charge in [0.25, 0.3) is 0 Å². The first-order chi connectivity index (χ1) is 6.52. The summed E-state index contributed by atoms with van der Waals surface area (Å²) in [5.74, 6) is -2.29. The number of benzene rings is 1. The van der Waals surface area contributed by atoms with Crippen molar-refractivity contribution in [3.05, 3.63) is 29.8 Å². The van der Waals surface area contributed by atoms with Crippen LogP contribution in [0.5, 0.6) is 0 Å². The van der Waals surface area contributed by atoms with Crippen molar-refractivity contribution in [3.8, 4) is 0 Å². The molecule has 0 heterocycles. The second-order valence-corrected chi connectivity index (χ2v) is 3.36. The molecule has 0 bridgehead atoms. The smallest absolute Gasteiger partial charge is 0.242 e. The van der Waals surface area contributed by atoms with E-state index in [9.17, 15) is 13.6 Å². The van der Waals surface area contributed by atoms with E-state index in [1.165, 1.54) is 13.0 Å². The molecule has 0 aromatic heterocycles. The van der Waals surface area contributed by atoms with E-state index in [2.05, 4.69) is 5.32 Å². The molecule has 2 nitrogen and oxygen atoms in total. The molecular weight excluding hydrogens is 212 g/mol. The highest BCUT2D eigenvalue weighted by atomic mass is 35.5. The van der Waals surface area contributed by atoms with Gasteiger partial charge in [-0.25, -0.2) is 8.78 Å². The number of rotatable bonds is 2. The SMILES string of the molecule is CC(Cl)C(=O)Nc1c(F)cccc1F. The van der Waals surface area contributed by atoms with Gasteiger partial charge in [0.05, 0.1) is 0 Å². The van der Waals surface area contributed by atoms with E-state index in [4.69, 9.17) is 11.6 Å². The van der Waals surface area contributed by atoms with E-state index in [0.29, 0.717) is 0 Å². The number of para-hydroxylation sites is 1. The van der Waals surface area contributed by atoms with Crippen molar-refractivity contribution in [3.63, 3.8) is 0 Å². The molecule has 14 heavy (non-hydrogen) atoms. The molecule has 0 fully saturated rings. The minimum absolute atomic E-state index is 0.468. The van der Waals surface area contributed by atoms with Gasteiger partial charge >= 0.3 is 0 Å². The third kappa shape index (κ3) is 2.42. The number of alkyl halides is 1. The predicted molar refractivity (Wildman–Crippen MR) is 50.3 cm³/mol. The number of anilines is 1. The summed E-state index contributed by atoms with van der Waals surface area (Å²) in [5, 5.41) is 1.22. The first-order valence-corrected chi connectivity index (χ1v) is 4.35. The minimum atomic E-state index is -0.839. The average Bonchev–Trinajstić information content (AvgIpc) is 2.11. The van der Waals surface area contributed by atoms with Crippen molar-refractivity contribution in [1.29, 1.82) is 0 Å². The molecule has 0 saturated heterocycles. The quantitative estimate of drug-likeness (QED) is 0.761. The highest BCUT2D eigenvalue weighted by molar-refractivity contribution is 6.32. The van der Waals surface area contributed by atoms with Crippen molar-refractivity contribution in [2.45, 2.75) is 12.3 Å². The Labute approximate surface area is 84.9 Å². The Kier molecular flexibility index (Phi) is 3.41. The van der Waals surface area contributed by atoms with Crippen molar-refractivity contribution in [1.82, 2.24) is 0 Å². The van der Waals surface area contributed by atoms with E-state index in [1.54, 1.807) is 0 Å². The molecule has 0 saturated carbocycles. The zero-order valence-corrected chi connectivity index (χ0v) is 8.11. The molecule has 5 heteroatoms. The van der Waals surface area contributed by atoms with Gasteiger partial charge in [-0.2, -0.15) is 0 Å². The van der Waals surface area contributed by atoms with Gasteiger partial charge < -0.3 is 5.32 Å². The number of carbonyl (C=O) groups is 1. The van der Waals surface area contributed by atoms with Gasteiger partial charge in [-0.3, -0.25) is 4.79 Å². The maximum absolute atomic E-state index is 13.0. The monoisotopic (exact) mass is 219 g/mol.